The Bertz CT molecular complexity index is 506. The van der Waals surface area contributed by atoms with Crippen LogP contribution in [0.15, 0.2) is 48.5 Å². The first-order chi connectivity index (χ1) is 8.72. The molecule has 0 aliphatic rings. The SMILES string of the molecule is COCc1ccc(C(O)c2ccccc2)c(C)c1. The second kappa shape index (κ2) is 5.80. The van der Waals surface area contributed by atoms with Crippen LogP contribution in [0, 0.1) is 6.92 Å². The number of aliphatic hydroxyl groups is 1. The predicted octanol–water partition coefficient (Wildman–Crippen LogP) is 3.22. The van der Waals surface area contributed by atoms with Crippen molar-refractivity contribution in [2.45, 2.75) is 19.6 Å². The van der Waals surface area contributed by atoms with Crippen LogP contribution in [0.2, 0.25) is 0 Å². The number of hydrogen-bond donors (Lipinski definition) is 1. The number of methoxy groups -OCH3 is 1. The molecule has 1 unspecified atom stereocenters. The minimum atomic E-state index is -0.567. The van der Waals surface area contributed by atoms with Crippen LogP contribution in [0.5, 0.6) is 0 Å². The fraction of sp³-hybridized carbons (Fsp3) is 0.250. The molecule has 2 aromatic carbocycles. The van der Waals surface area contributed by atoms with Gasteiger partial charge in [0.15, 0.2) is 0 Å². The molecule has 0 amide bonds. The lowest BCUT2D eigenvalue weighted by Crippen LogP contribution is -2.02. The van der Waals surface area contributed by atoms with Gasteiger partial charge in [0, 0.05) is 7.11 Å². The van der Waals surface area contributed by atoms with E-state index in [1.54, 1.807) is 7.11 Å². The van der Waals surface area contributed by atoms with Gasteiger partial charge < -0.3 is 9.84 Å². The summed E-state index contributed by atoms with van der Waals surface area (Å²) < 4.78 is 5.11. The van der Waals surface area contributed by atoms with E-state index in [0.29, 0.717) is 6.61 Å². The molecule has 18 heavy (non-hydrogen) atoms. The highest BCUT2D eigenvalue weighted by Gasteiger charge is 2.12. The smallest absolute Gasteiger partial charge is 0.104 e. The zero-order valence-electron chi connectivity index (χ0n) is 10.8. The first-order valence-corrected chi connectivity index (χ1v) is 6.03. The van der Waals surface area contributed by atoms with Crippen molar-refractivity contribution in [1.29, 1.82) is 0 Å². The van der Waals surface area contributed by atoms with Crippen LogP contribution in [0.3, 0.4) is 0 Å². The molecule has 2 heteroatoms. The first kappa shape index (κ1) is 12.8. The van der Waals surface area contributed by atoms with Crippen LogP contribution in [0.4, 0.5) is 0 Å². The van der Waals surface area contributed by atoms with E-state index in [0.717, 1.165) is 22.3 Å². The van der Waals surface area contributed by atoms with E-state index in [2.05, 4.69) is 6.07 Å². The lowest BCUT2D eigenvalue weighted by atomic mass is 9.96. The summed E-state index contributed by atoms with van der Waals surface area (Å²) in [5.41, 5.74) is 4.07. The van der Waals surface area contributed by atoms with Gasteiger partial charge in [0.1, 0.15) is 6.10 Å². The van der Waals surface area contributed by atoms with E-state index in [1.165, 1.54) is 0 Å². The topological polar surface area (TPSA) is 29.5 Å². The highest BCUT2D eigenvalue weighted by atomic mass is 16.5. The lowest BCUT2D eigenvalue weighted by molar-refractivity contribution is 0.184. The summed E-state index contributed by atoms with van der Waals surface area (Å²) in [6.07, 6.45) is -0.567. The highest BCUT2D eigenvalue weighted by Crippen LogP contribution is 2.25. The molecule has 1 N–H and O–H groups in total. The quantitative estimate of drug-likeness (QED) is 0.892. The Morgan fingerprint density at radius 2 is 1.83 bits per heavy atom. The number of aryl methyl sites for hydroxylation is 1. The maximum atomic E-state index is 10.4. The van der Waals surface area contributed by atoms with Gasteiger partial charge in [-0.25, -0.2) is 0 Å². The molecule has 2 nitrogen and oxygen atoms in total. The van der Waals surface area contributed by atoms with Gasteiger partial charge in [0.05, 0.1) is 6.61 Å². The van der Waals surface area contributed by atoms with Gasteiger partial charge in [-0.3, -0.25) is 0 Å². The van der Waals surface area contributed by atoms with E-state index in [-0.39, 0.29) is 0 Å². The number of ether oxygens (including phenoxy) is 1. The molecule has 0 fully saturated rings. The molecule has 0 spiro atoms. The standard InChI is InChI=1S/C16H18O2/c1-12-10-13(11-18-2)8-9-15(12)16(17)14-6-4-3-5-7-14/h3-10,16-17H,11H2,1-2H3. The Hall–Kier alpha value is -1.64. The van der Waals surface area contributed by atoms with Crippen molar-refractivity contribution in [3.8, 4) is 0 Å². The third-order valence-electron chi connectivity index (χ3n) is 3.06. The van der Waals surface area contributed by atoms with Crippen LogP contribution in [0.1, 0.15) is 28.4 Å². The minimum Gasteiger partial charge on any atom is -0.384 e. The molecule has 0 heterocycles. The Labute approximate surface area is 108 Å². The first-order valence-electron chi connectivity index (χ1n) is 6.03. The molecule has 0 saturated heterocycles. The third kappa shape index (κ3) is 2.78. The second-order valence-electron chi connectivity index (χ2n) is 4.44. The van der Waals surface area contributed by atoms with Crippen molar-refractivity contribution < 1.29 is 9.84 Å². The van der Waals surface area contributed by atoms with Crippen molar-refractivity contribution in [1.82, 2.24) is 0 Å². The van der Waals surface area contributed by atoms with Crippen LogP contribution in [0.25, 0.3) is 0 Å². The molecule has 0 aliphatic heterocycles. The van der Waals surface area contributed by atoms with Crippen molar-refractivity contribution in [3.63, 3.8) is 0 Å². The largest absolute Gasteiger partial charge is 0.384 e. The molecule has 94 valence electrons. The van der Waals surface area contributed by atoms with Crippen LogP contribution in [-0.4, -0.2) is 12.2 Å². The maximum Gasteiger partial charge on any atom is 0.104 e. The van der Waals surface area contributed by atoms with Crippen LogP contribution < -0.4 is 0 Å². The molecule has 0 saturated carbocycles. The summed E-state index contributed by atoms with van der Waals surface area (Å²) in [6, 6.07) is 15.7. The van der Waals surface area contributed by atoms with Gasteiger partial charge in [-0.05, 0) is 29.2 Å². The van der Waals surface area contributed by atoms with Crippen molar-refractivity contribution in [2.24, 2.45) is 0 Å². The monoisotopic (exact) mass is 242 g/mol. The summed E-state index contributed by atoms with van der Waals surface area (Å²) >= 11 is 0. The maximum absolute atomic E-state index is 10.4. The van der Waals surface area contributed by atoms with E-state index >= 15 is 0 Å². The van der Waals surface area contributed by atoms with E-state index < -0.39 is 6.10 Å². The van der Waals surface area contributed by atoms with Crippen LogP contribution >= 0.6 is 0 Å². The molecule has 0 bridgehead atoms. The fourth-order valence-electron chi connectivity index (χ4n) is 2.12. The molecule has 0 radical (unpaired) electrons. The van der Waals surface area contributed by atoms with E-state index in [9.17, 15) is 5.11 Å². The Kier molecular flexibility index (Phi) is 4.13. The zero-order chi connectivity index (χ0) is 13.0. The van der Waals surface area contributed by atoms with Gasteiger partial charge in [0.25, 0.3) is 0 Å². The summed E-state index contributed by atoms with van der Waals surface area (Å²) in [5.74, 6) is 0. The normalized spacial score (nSPS) is 12.4. The Morgan fingerprint density at radius 3 is 2.44 bits per heavy atom. The molecule has 0 aliphatic carbocycles. The van der Waals surface area contributed by atoms with Crippen molar-refractivity contribution >= 4 is 0 Å². The third-order valence-corrected chi connectivity index (χ3v) is 3.06. The van der Waals surface area contributed by atoms with E-state index in [4.69, 9.17) is 4.74 Å². The number of rotatable bonds is 4. The van der Waals surface area contributed by atoms with Crippen molar-refractivity contribution in [2.75, 3.05) is 7.11 Å². The molecule has 1 atom stereocenters. The zero-order valence-corrected chi connectivity index (χ0v) is 10.8. The van der Waals surface area contributed by atoms with Gasteiger partial charge in [-0.1, -0.05) is 48.5 Å². The second-order valence-corrected chi connectivity index (χ2v) is 4.44. The predicted molar refractivity (Wildman–Crippen MR) is 72.4 cm³/mol. The summed E-state index contributed by atoms with van der Waals surface area (Å²) in [6.45, 7) is 2.61. The lowest BCUT2D eigenvalue weighted by Gasteiger charge is -2.15. The average Bonchev–Trinajstić information content (AvgIpc) is 2.40. The number of aliphatic hydroxyl groups excluding tert-OH is 1. The van der Waals surface area contributed by atoms with Crippen LogP contribution in [-0.2, 0) is 11.3 Å². The summed E-state index contributed by atoms with van der Waals surface area (Å²) in [7, 11) is 1.68. The Balaban J connectivity index is 2.28. The average molecular weight is 242 g/mol. The number of benzene rings is 2. The highest BCUT2D eigenvalue weighted by molar-refractivity contribution is 5.37. The van der Waals surface area contributed by atoms with Gasteiger partial charge in [-0.15, -0.1) is 0 Å². The van der Waals surface area contributed by atoms with E-state index in [1.807, 2.05) is 49.4 Å². The van der Waals surface area contributed by atoms with Crippen molar-refractivity contribution in [3.05, 3.63) is 70.8 Å². The molecule has 2 rings (SSSR count). The minimum absolute atomic E-state index is 0.567. The van der Waals surface area contributed by atoms with Gasteiger partial charge in [0.2, 0.25) is 0 Å². The number of hydrogen-bond acceptors (Lipinski definition) is 2. The molecular formula is C16H18O2. The van der Waals surface area contributed by atoms with Gasteiger partial charge >= 0.3 is 0 Å². The Morgan fingerprint density at radius 1 is 1.11 bits per heavy atom. The molecule has 0 aromatic heterocycles. The fourth-order valence-corrected chi connectivity index (χ4v) is 2.12. The molecule has 2 aromatic rings. The summed E-state index contributed by atoms with van der Waals surface area (Å²) in [5, 5.41) is 10.4. The molecular weight excluding hydrogens is 224 g/mol. The van der Waals surface area contributed by atoms with Gasteiger partial charge in [-0.2, -0.15) is 0 Å². The summed E-state index contributed by atoms with van der Waals surface area (Å²) in [4.78, 5) is 0.